The first-order valence-electron chi connectivity index (χ1n) is 8.64. The number of ether oxygens (including phenoxy) is 3. The number of sulfonamides is 1. The highest BCUT2D eigenvalue weighted by Crippen LogP contribution is 2.33. The summed E-state index contributed by atoms with van der Waals surface area (Å²) in [5, 5.41) is 0.345. The van der Waals surface area contributed by atoms with Crippen molar-refractivity contribution in [1.29, 1.82) is 0 Å². The average molecular weight is 426 g/mol. The van der Waals surface area contributed by atoms with Crippen molar-refractivity contribution in [3.05, 3.63) is 53.1 Å². The number of esters is 1. The number of hydrogen-bond donors (Lipinski definition) is 1. The Morgan fingerprint density at radius 3 is 2.61 bits per heavy atom. The number of halogens is 1. The van der Waals surface area contributed by atoms with Crippen molar-refractivity contribution in [2.45, 2.75) is 23.8 Å². The molecular weight excluding hydrogens is 406 g/mol. The lowest BCUT2D eigenvalue weighted by molar-refractivity contribution is -0.141. The zero-order chi connectivity index (χ0) is 20.1. The molecule has 28 heavy (non-hydrogen) atoms. The Kier molecular flexibility index (Phi) is 6.43. The van der Waals surface area contributed by atoms with Crippen molar-refractivity contribution < 1.29 is 27.4 Å². The van der Waals surface area contributed by atoms with Gasteiger partial charge in [0, 0.05) is 17.5 Å². The van der Waals surface area contributed by atoms with Gasteiger partial charge >= 0.3 is 5.97 Å². The predicted molar refractivity (Wildman–Crippen MR) is 103 cm³/mol. The molecule has 150 valence electrons. The van der Waals surface area contributed by atoms with E-state index >= 15 is 0 Å². The second-order valence-corrected chi connectivity index (χ2v) is 8.26. The fraction of sp³-hybridized carbons (Fsp3) is 0.316. The van der Waals surface area contributed by atoms with Gasteiger partial charge in [-0.15, -0.1) is 0 Å². The van der Waals surface area contributed by atoms with E-state index in [2.05, 4.69) is 4.72 Å². The summed E-state index contributed by atoms with van der Waals surface area (Å²) in [6, 6.07) is 10.2. The highest BCUT2D eigenvalue weighted by Gasteiger charge is 2.26. The molecule has 0 bridgehead atoms. The third-order valence-corrected chi connectivity index (χ3v) is 6.02. The number of nitrogens with one attached hydrogen (secondary N) is 1. The Morgan fingerprint density at radius 1 is 1.18 bits per heavy atom. The summed E-state index contributed by atoms with van der Waals surface area (Å²) in [5.74, 6) is 0.294. The van der Waals surface area contributed by atoms with E-state index in [0.29, 0.717) is 41.7 Å². The number of methoxy groups -OCH3 is 1. The van der Waals surface area contributed by atoms with Crippen LogP contribution in [0.15, 0.2) is 47.4 Å². The van der Waals surface area contributed by atoms with E-state index in [4.69, 9.17) is 25.8 Å². The van der Waals surface area contributed by atoms with Crippen molar-refractivity contribution in [2.24, 2.45) is 0 Å². The minimum atomic E-state index is -3.98. The minimum absolute atomic E-state index is 0.00123. The molecular formula is C19H20ClNO6S. The van der Waals surface area contributed by atoms with Crippen LogP contribution < -0.4 is 14.2 Å². The van der Waals surface area contributed by atoms with Crippen LogP contribution in [0.5, 0.6) is 11.5 Å². The van der Waals surface area contributed by atoms with Gasteiger partial charge in [0.1, 0.15) is 0 Å². The van der Waals surface area contributed by atoms with Crippen LogP contribution in [0.25, 0.3) is 0 Å². The maximum Gasteiger partial charge on any atom is 0.307 e. The minimum Gasteiger partial charge on any atom is -0.490 e. The Labute approximate surface area is 168 Å². The Bertz CT molecular complexity index is 963. The third kappa shape index (κ3) is 4.76. The fourth-order valence-corrected chi connectivity index (χ4v) is 4.29. The Morgan fingerprint density at radius 2 is 1.89 bits per heavy atom. The van der Waals surface area contributed by atoms with Crippen LogP contribution in [0, 0.1) is 0 Å². The monoisotopic (exact) mass is 425 g/mol. The van der Waals surface area contributed by atoms with Gasteiger partial charge in [-0.1, -0.05) is 29.8 Å². The van der Waals surface area contributed by atoms with E-state index in [0.717, 1.165) is 0 Å². The molecule has 1 N–H and O–H groups in total. The molecule has 1 atom stereocenters. The third-order valence-electron chi connectivity index (χ3n) is 4.21. The second kappa shape index (κ2) is 8.81. The quantitative estimate of drug-likeness (QED) is 0.715. The SMILES string of the molecule is COC(=O)CC(NS(=O)(=O)c1ccc2c(c1)OCCCO2)c1ccccc1Cl. The largest absolute Gasteiger partial charge is 0.490 e. The van der Waals surface area contributed by atoms with Crippen molar-refractivity contribution in [1.82, 2.24) is 4.72 Å². The summed E-state index contributed by atoms with van der Waals surface area (Å²) in [4.78, 5) is 11.8. The number of carbonyl (C=O) groups excluding carboxylic acids is 1. The van der Waals surface area contributed by atoms with Crippen LogP contribution in [-0.2, 0) is 19.6 Å². The molecule has 0 spiro atoms. The van der Waals surface area contributed by atoms with Gasteiger partial charge in [-0.05, 0) is 23.8 Å². The van der Waals surface area contributed by atoms with Crippen LogP contribution in [0.1, 0.15) is 24.4 Å². The maximum absolute atomic E-state index is 13.0. The van der Waals surface area contributed by atoms with Crippen LogP contribution in [0.3, 0.4) is 0 Å². The molecule has 0 saturated heterocycles. The summed E-state index contributed by atoms with van der Waals surface area (Å²) in [6.07, 6.45) is 0.507. The van der Waals surface area contributed by atoms with Crippen LogP contribution in [-0.4, -0.2) is 34.7 Å². The van der Waals surface area contributed by atoms with E-state index in [1.807, 2.05) is 0 Å². The fourth-order valence-electron chi connectivity index (χ4n) is 2.79. The molecule has 0 amide bonds. The smallest absolute Gasteiger partial charge is 0.307 e. The van der Waals surface area contributed by atoms with Gasteiger partial charge in [-0.2, -0.15) is 0 Å². The lowest BCUT2D eigenvalue weighted by Crippen LogP contribution is -2.30. The summed E-state index contributed by atoms with van der Waals surface area (Å²) >= 11 is 6.21. The molecule has 0 fully saturated rings. The summed E-state index contributed by atoms with van der Waals surface area (Å²) < 4.78 is 44.3. The molecule has 9 heteroatoms. The van der Waals surface area contributed by atoms with E-state index in [9.17, 15) is 13.2 Å². The molecule has 0 radical (unpaired) electrons. The Hall–Kier alpha value is -2.29. The standard InChI is InChI=1S/C19H20ClNO6S/c1-25-19(22)12-16(14-5-2-3-6-15(14)20)21-28(23,24)13-7-8-17-18(11-13)27-10-4-9-26-17/h2-3,5-8,11,16,21H,4,9-10,12H2,1H3. The topological polar surface area (TPSA) is 90.9 Å². The average Bonchev–Trinajstić information content (AvgIpc) is 2.92. The molecule has 3 rings (SSSR count). The molecule has 1 aliphatic heterocycles. The van der Waals surface area contributed by atoms with Gasteiger partial charge in [-0.3, -0.25) is 4.79 Å². The number of carbonyl (C=O) groups is 1. The Balaban J connectivity index is 1.92. The van der Waals surface area contributed by atoms with Crippen molar-refractivity contribution >= 4 is 27.6 Å². The molecule has 2 aromatic rings. The molecule has 1 heterocycles. The van der Waals surface area contributed by atoms with Crippen molar-refractivity contribution in [2.75, 3.05) is 20.3 Å². The molecule has 2 aromatic carbocycles. The lowest BCUT2D eigenvalue weighted by Gasteiger charge is -2.20. The lowest BCUT2D eigenvalue weighted by atomic mass is 10.1. The highest BCUT2D eigenvalue weighted by atomic mass is 35.5. The molecule has 7 nitrogen and oxygen atoms in total. The maximum atomic E-state index is 13.0. The predicted octanol–water partition coefficient (Wildman–Crippen LogP) is 3.08. The van der Waals surface area contributed by atoms with Gasteiger partial charge in [-0.25, -0.2) is 13.1 Å². The van der Waals surface area contributed by atoms with Gasteiger partial charge in [0.2, 0.25) is 10.0 Å². The molecule has 0 saturated carbocycles. The van der Waals surface area contributed by atoms with E-state index < -0.39 is 22.0 Å². The number of benzene rings is 2. The number of rotatable bonds is 6. The van der Waals surface area contributed by atoms with E-state index in [1.165, 1.54) is 19.2 Å². The zero-order valence-electron chi connectivity index (χ0n) is 15.2. The number of hydrogen-bond acceptors (Lipinski definition) is 6. The van der Waals surface area contributed by atoms with Crippen LogP contribution in [0.4, 0.5) is 0 Å². The summed E-state index contributed by atoms with van der Waals surface area (Å²) in [5.41, 5.74) is 0.479. The first-order chi connectivity index (χ1) is 13.4. The van der Waals surface area contributed by atoms with Crippen molar-refractivity contribution in [3.8, 4) is 11.5 Å². The highest BCUT2D eigenvalue weighted by molar-refractivity contribution is 7.89. The van der Waals surface area contributed by atoms with E-state index in [1.54, 1.807) is 30.3 Å². The van der Waals surface area contributed by atoms with Gasteiger partial charge < -0.3 is 14.2 Å². The normalized spacial score (nSPS) is 14.8. The first kappa shape index (κ1) is 20.4. The zero-order valence-corrected chi connectivity index (χ0v) is 16.8. The molecule has 1 unspecified atom stereocenters. The first-order valence-corrected chi connectivity index (χ1v) is 10.5. The van der Waals surface area contributed by atoms with Crippen molar-refractivity contribution in [3.63, 3.8) is 0 Å². The second-order valence-electron chi connectivity index (χ2n) is 6.13. The van der Waals surface area contributed by atoms with Gasteiger partial charge in [0.15, 0.2) is 11.5 Å². The van der Waals surface area contributed by atoms with Gasteiger partial charge in [0.05, 0.1) is 37.7 Å². The number of fused-ring (bicyclic) bond motifs is 1. The van der Waals surface area contributed by atoms with E-state index in [-0.39, 0.29) is 11.3 Å². The van der Waals surface area contributed by atoms with Crippen LogP contribution in [0.2, 0.25) is 5.02 Å². The van der Waals surface area contributed by atoms with Crippen LogP contribution >= 0.6 is 11.6 Å². The summed E-state index contributed by atoms with van der Waals surface area (Å²) in [6.45, 7) is 0.944. The molecule has 1 aliphatic rings. The van der Waals surface area contributed by atoms with Gasteiger partial charge in [0.25, 0.3) is 0 Å². The molecule has 0 aromatic heterocycles. The molecule has 0 aliphatic carbocycles. The summed E-state index contributed by atoms with van der Waals surface area (Å²) in [7, 11) is -2.74.